The van der Waals surface area contributed by atoms with Gasteiger partial charge in [0.1, 0.15) is 22.2 Å². The first-order valence-corrected chi connectivity index (χ1v) is 14.5. The second-order valence-corrected chi connectivity index (χ2v) is 11.4. The highest BCUT2D eigenvalue weighted by atomic mass is 32.1. The van der Waals surface area contributed by atoms with Crippen molar-refractivity contribution >= 4 is 32.9 Å². The van der Waals surface area contributed by atoms with Crippen LogP contribution in [0.25, 0.3) is 15.7 Å². The van der Waals surface area contributed by atoms with Gasteiger partial charge in [-0.3, -0.25) is 4.79 Å². The monoisotopic (exact) mass is 547 g/mol. The SMILES string of the molecule is C=C(/C=C(\C=C/C)c1ccc(C)c(CN(C(=O)c2sc3cccc(F)c3c2O)C2CCC(C)CC2)c1)OCC. The molecule has 1 aromatic heterocycles. The molecule has 0 atom stereocenters. The van der Waals surface area contributed by atoms with Crippen molar-refractivity contribution < 1.29 is 19.0 Å². The number of rotatable bonds is 9. The fraction of sp³-hybridized carbons (Fsp3) is 0.364. The van der Waals surface area contributed by atoms with Gasteiger partial charge in [0.2, 0.25) is 0 Å². The van der Waals surface area contributed by atoms with Crippen molar-refractivity contribution in [3.63, 3.8) is 0 Å². The zero-order valence-corrected chi connectivity index (χ0v) is 24.1. The van der Waals surface area contributed by atoms with Gasteiger partial charge in [0.15, 0.2) is 0 Å². The maximum absolute atomic E-state index is 14.5. The van der Waals surface area contributed by atoms with Crippen LogP contribution in [-0.4, -0.2) is 28.6 Å². The second-order valence-electron chi connectivity index (χ2n) is 10.4. The number of carbonyl (C=O) groups excluding carboxylic acids is 1. The summed E-state index contributed by atoms with van der Waals surface area (Å²) in [5, 5.41) is 11.1. The third-order valence-electron chi connectivity index (χ3n) is 7.54. The first-order valence-electron chi connectivity index (χ1n) is 13.7. The van der Waals surface area contributed by atoms with Crippen LogP contribution >= 0.6 is 11.3 Å². The van der Waals surface area contributed by atoms with Crippen molar-refractivity contribution in [1.82, 2.24) is 4.90 Å². The van der Waals surface area contributed by atoms with Crippen molar-refractivity contribution in [1.29, 1.82) is 0 Å². The lowest BCUT2D eigenvalue weighted by Crippen LogP contribution is -2.41. The average Bonchev–Trinajstić information content (AvgIpc) is 3.26. The summed E-state index contributed by atoms with van der Waals surface area (Å²) in [4.78, 5) is 16.2. The molecule has 206 valence electrons. The number of fused-ring (bicyclic) bond motifs is 1. The van der Waals surface area contributed by atoms with E-state index in [0.29, 0.717) is 29.5 Å². The summed E-state index contributed by atoms with van der Waals surface area (Å²) in [6, 6.07) is 11.0. The smallest absolute Gasteiger partial charge is 0.268 e. The second kappa shape index (κ2) is 12.6. The fourth-order valence-corrected chi connectivity index (χ4v) is 6.37. The number of thiophene rings is 1. The molecule has 0 radical (unpaired) electrons. The molecule has 1 aliphatic carbocycles. The highest BCUT2D eigenvalue weighted by Gasteiger charge is 2.32. The summed E-state index contributed by atoms with van der Waals surface area (Å²) >= 11 is 1.16. The molecule has 3 aromatic rings. The number of amides is 1. The van der Waals surface area contributed by atoms with Gasteiger partial charge in [-0.1, -0.05) is 43.9 Å². The van der Waals surface area contributed by atoms with Crippen LogP contribution in [0.1, 0.15) is 72.8 Å². The van der Waals surface area contributed by atoms with E-state index in [9.17, 15) is 14.3 Å². The van der Waals surface area contributed by atoms with Crippen molar-refractivity contribution in [2.24, 2.45) is 5.92 Å². The highest BCUT2D eigenvalue weighted by molar-refractivity contribution is 7.21. The highest BCUT2D eigenvalue weighted by Crippen LogP contribution is 2.40. The number of hydrogen-bond donors (Lipinski definition) is 1. The molecule has 1 amide bonds. The minimum absolute atomic E-state index is 0.0505. The largest absolute Gasteiger partial charge is 0.505 e. The van der Waals surface area contributed by atoms with Gasteiger partial charge in [0, 0.05) is 17.3 Å². The number of allylic oxidation sites excluding steroid dienone is 4. The molecule has 39 heavy (non-hydrogen) atoms. The lowest BCUT2D eigenvalue weighted by Gasteiger charge is -2.36. The first-order chi connectivity index (χ1) is 18.7. The number of aryl methyl sites for hydroxylation is 1. The van der Waals surface area contributed by atoms with Crippen LogP contribution in [0.15, 0.2) is 67.0 Å². The molecule has 0 saturated heterocycles. The molecule has 0 bridgehead atoms. The average molecular weight is 548 g/mol. The zero-order chi connectivity index (χ0) is 28.1. The van der Waals surface area contributed by atoms with E-state index in [-0.39, 0.29) is 28.0 Å². The molecule has 0 aliphatic heterocycles. The fourth-order valence-electron chi connectivity index (χ4n) is 5.30. The Balaban J connectivity index is 1.74. The zero-order valence-electron chi connectivity index (χ0n) is 23.3. The molecule has 4 rings (SSSR count). The van der Waals surface area contributed by atoms with Crippen molar-refractivity contribution in [2.45, 2.75) is 66.0 Å². The summed E-state index contributed by atoms with van der Waals surface area (Å²) in [5.41, 5.74) is 4.09. The molecule has 1 fully saturated rings. The third-order valence-corrected chi connectivity index (χ3v) is 8.67. The van der Waals surface area contributed by atoms with E-state index in [4.69, 9.17) is 4.74 Å². The molecular formula is C33H38FNO3S. The van der Waals surface area contributed by atoms with Gasteiger partial charge in [-0.25, -0.2) is 4.39 Å². The quantitative estimate of drug-likeness (QED) is 0.215. The van der Waals surface area contributed by atoms with Crippen LogP contribution in [0.2, 0.25) is 0 Å². The Hall–Kier alpha value is -3.38. The number of carbonyl (C=O) groups is 1. The van der Waals surface area contributed by atoms with Gasteiger partial charge < -0.3 is 14.7 Å². The van der Waals surface area contributed by atoms with Crippen molar-refractivity contribution in [2.75, 3.05) is 6.61 Å². The Kier molecular flexibility index (Phi) is 9.28. The topological polar surface area (TPSA) is 49.8 Å². The van der Waals surface area contributed by atoms with Crippen LogP contribution in [0.3, 0.4) is 0 Å². The van der Waals surface area contributed by atoms with E-state index in [2.05, 4.69) is 38.6 Å². The summed E-state index contributed by atoms with van der Waals surface area (Å²) in [6.45, 7) is 13.2. The minimum Gasteiger partial charge on any atom is -0.505 e. The Labute approximate surface area is 235 Å². The number of hydrogen-bond acceptors (Lipinski definition) is 4. The number of halogens is 1. The van der Waals surface area contributed by atoms with E-state index < -0.39 is 5.82 Å². The molecule has 1 N–H and O–H groups in total. The van der Waals surface area contributed by atoms with E-state index in [1.165, 1.54) is 6.07 Å². The molecule has 0 unspecified atom stereocenters. The predicted octanol–water partition coefficient (Wildman–Crippen LogP) is 8.79. The lowest BCUT2D eigenvalue weighted by atomic mass is 9.86. The molecule has 2 aromatic carbocycles. The number of benzene rings is 2. The standard InChI is InChI=1S/C33H38FNO3S/c1-6-9-24(18-23(5)38-7-2)25-15-14-22(4)26(19-25)20-35(27-16-12-21(3)13-17-27)33(37)32-31(36)30-28(34)10-8-11-29(30)39-32/h6,8-11,14-15,18-19,21,27,36H,5,7,12-13,16-17,20H2,1-4H3/b9-6-,24-18+. The summed E-state index contributed by atoms with van der Waals surface area (Å²) in [6.07, 6.45) is 9.84. The van der Waals surface area contributed by atoms with Gasteiger partial charge in [-0.05, 0) is 98.9 Å². The molecule has 6 heteroatoms. The van der Waals surface area contributed by atoms with Crippen LogP contribution in [-0.2, 0) is 11.3 Å². The number of aromatic hydroxyl groups is 1. The van der Waals surface area contributed by atoms with Crippen molar-refractivity contribution in [3.05, 3.63) is 94.3 Å². The molecule has 0 spiro atoms. The Morgan fingerprint density at radius 2 is 1.97 bits per heavy atom. The van der Waals surface area contributed by atoms with Crippen molar-refractivity contribution in [3.8, 4) is 5.75 Å². The van der Waals surface area contributed by atoms with E-state index >= 15 is 0 Å². The molecule has 4 nitrogen and oxygen atoms in total. The first kappa shape index (κ1) is 28.6. The Bertz CT molecular complexity index is 1410. The summed E-state index contributed by atoms with van der Waals surface area (Å²) in [5.74, 6) is 0.200. The molecule has 1 heterocycles. The maximum atomic E-state index is 14.5. The molecular weight excluding hydrogens is 509 g/mol. The van der Waals surface area contributed by atoms with Gasteiger partial charge in [0.05, 0.1) is 12.0 Å². The number of nitrogens with zero attached hydrogens (tertiary/aromatic N) is 1. The summed E-state index contributed by atoms with van der Waals surface area (Å²) < 4.78 is 20.7. The van der Waals surface area contributed by atoms with Gasteiger partial charge in [-0.15, -0.1) is 11.3 Å². The van der Waals surface area contributed by atoms with E-state index in [1.807, 2.05) is 37.0 Å². The van der Waals surface area contributed by atoms with Crippen LogP contribution in [0.5, 0.6) is 5.75 Å². The van der Waals surface area contributed by atoms with Gasteiger partial charge in [-0.2, -0.15) is 0 Å². The summed E-state index contributed by atoms with van der Waals surface area (Å²) in [7, 11) is 0. The van der Waals surface area contributed by atoms with Crippen LogP contribution in [0, 0.1) is 18.7 Å². The van der Waals surface area contributed by atoms with E-state index in [1.54, 1.807) is 12.1 Å². The molecule has 1 aliphatic rings. The van der Waals surface area contributed by atoms with Crippen LogP contribution in [0.4, 0.5) is 4.39 Å². The minimum atomic E-state index is -0.515. The predicted molar refractivity (Wildman–Crippen MR) is 159 cm³/mol. The Morgan fingerprint density at radius 1 is 1.23 bits per heavy atom. The van der Waals surface area contributed by atoms with Gasteiger partial charge >= 0.3 is 0 Å². The Morgan fingerprint density at radius 3 is 2.64 bits per heavy atom. The number of ether oxygens (including phenoxy) is 1. The van der Waals surface area contributed by atoms with Gasteiger partial charge in [0.25, 0.3) is 5.91 Å². The van der Waals surface area contributed by atoms with Crippen LogP contribution < -0.4 is 0 Å². The maximum Gasteiger partial charge on any atom is 0.268 e. The van der Waals surface area contributed by atoms with E-state index in [0.717, 1.165) is 59.3 Å². The molecule has 1 saturated carbocycles. The lowest BCUT2D eigenvalue weighted by molar-refractivity contribution is 0.0595. The third kappa shape index (κ3) is 6.44. The normalized spacial score (nSPS) is 18.0.